The molecular formula is C20H25N3O5S2. The summed E-state index contributed by atoms with van der Waals surface area (Å²) in [6.45, 7) is 2.07. The fourth-order valence-electron chi connectivity index (χ4n) is 2.38. The Bertz CT molecular complexity index is 980. The molecule has 2 amide bonds. The molecule has 0 radical (unpaired) electrons. The van der Waals surface area contributed by atoms with Gasteiger partial charge in [-0.3, -0.25) is 25.2 Å². The van der Waals surface area contributed by atoms with Crippen LogP contribution in [0.1, 0.15) is 30.1 Å². The van der Waals surface area contributed by atoms with Crippen LogP contribution < -0.4 is 20.3 Å². The number of hydrazine groups is 1. The Balaban J connectivity index is 2.02. The number of unbranched alkanes of at least 4 members (excludes halogenated alkanes) is 1. The van der Waals surface area contributed by atoms with E-state index in [0.29, 0.717) is 5.75 Å². The summed E-state index contributed by atoms with van der Waals surface area (Å²) in [5.41, 5.74) is 5.00. The van der Waals surface area contributed by atoms with Crippen LogP contribution in [0.5, 0.6) is 5.75 Å². The topological polar surface area (TPSA) is 114 Å². The molecule has 0 atom stereocenters. The second-order valence-corrected chi connectivity index (χ2v) is 9.03. The smallest absolute Gasteiger partial charge is 0.269 e. The summed E-state index contributed by atoms with van der Waals surface area (Å²) in [7, 11) is -2.51. The number of rotatable bonds is 10. The number of ether oxygens (including phenoxy) is 1. The van der Waals surface area contributed by atoms with E-state index in [1.807, 2.05) is 0 Å². The number of amides is 2. The van der Waals surface area contributed by atoms with E-state index in [9.17, 15) is 18.0 Å². The van der Waals surface area contributed by atoms with Gasteiger partial charge in [0.15, 0.2) is 0 Å². The zero-order chi connectivity index (χ0) is 22.0. The van der Waals surface area contributed by atoms with Crippen LogP contribution in [0, 0.1) is 0 Å². The standard InChI is InChI=1S/C20H25N3O5S2/c1-3-4-12-29-14-19(24)21-22-20(25)15-8-7-9-16(13-15)30(26,27)23-17-10-5-6-11-18(17)28-2/h5-11,13,23H,3-4,12,14H2,1-2H3,(H,21,24)(H,22,25). The van der Waals surface area contributed by atoms with Crippen molar-refractivity contribution in [1.82, 2.24) is 10.9 Å². The van der Waals surface area contributed by atoms with E-state index in [2.05, 4.69) is 22.5 Å². The molecule has 10 heteroatoms. The Labute approximate surface area is 180 Å². The van der Waals surface area contributed by atoms with Gasteiger partial charge < -0.3 is 4.74 Å². The molecule has 2 rings (SSSR count). The molecular weight excluding hydrogens is 426 g/mol. The SMILES string of the molecule is CCCCSCC(=O)NNC(=O)c1cccc(S(=O)(=O)Nc2ccccc2OC)c1. The van der Waals surface area contributed by atoms with Crippen LogP contribution in [0.3, 0.4) is 0 Å². The maximum absolute atomic E-state index is 12.7. The van der Waals surface area contributed by atoms with Crippen LogP contribution in [0.4, 0.5) is 5.69 Å². The lowest BCUT2D eigenvalue weighted by Gasteiger charge is -2.12. The van der Waals surface area contributed by atoms with Crippen molar-refractivity contribution in [2.45, 2.75) is 24.7 Å². The van der Waals surface area contributed by atoms with Gasteiger partial charge in [0, 0.05) is 5.56 Å². The van der Waals surface area contributed by atoms with E-state index in [4.69, 9.17) is 4.74 Å². The molecule has 0 aromatic heterocycles. The van der Waals surface area contributed by atoms with Crippen molar-refractivity contribution in [2.24, 2.45) is 0 Å². The summed E-state index contributed by atoms with van der Waals surface area (Å²) < 4.78 is 33.0. The second-order valence-electron chi connectivity index (χ2n) is 6.24. The summed E-state index contributed by atoms with van der Waals surface area (Å²) >= 11 is 1.48. The van der Waals surface area contributed by atoms with E-state index in [1.165, 1.54) is 43.1 Å². The van der Waals surface area contributed by atoms with Crippen LogP contribution in [-0.2, 0) is 14.8 Å². The van der Waals surface area contributed by atoms with Crippen LogP contribution >= 0.6 is 11.8 Å². The molecule has 0 saturated carbocycles. The molecule has 0 aliphatic rings. The fourth-order valence-corrected chi connectivity index (χ4v) is 4.39. The molecule has 0 aliphatic heterocycles. The minimum absolute atomic E-state index is 0.0943. The highest BCUT2D eigenvalue weighted by atomic mass is 32.2. The Morgan fingerprint density at radius 1 is 1.07 bits per heavy atom. The first-order valence-electron chi connectivity index (χ1n) is 9.30. The van der Waals surface area contributed by atoms with E-state index < -0.39 is 15.9 Å². The minimum Gasteiger partial charge on any atom is -0.495 e. The number of benzene rings is 2. The third-order valence-corrected chi connectivity index (χ3v) is 6.36. The lowest BCUT2D eigenvalue weighted by Crippen LogP contribution is -2.42. The molecule has 0 unspecified atom stereocenters. The molecule has 0 heterocycles. The van der Waals surface area contributed by atoms with Gasteiger partial charge in [-0.15, -0.1) is 0 Å². The second kappa shape index (κ2) is 11.5. The Morgan fingerprint density at radius 3 is 2.57 bits per heavy atom. The summed E-state index contributed by atoms with van der Waals surface area (Å²) in [4.78, 5) is 24.0. The number of carbonyl (C=O) groups is 2. The molecule has 162 valence electrons. The normalized spacial score (nSPS) is 10.9. The van der Waals surface area contributed by atoms with Gasteiger partial charge in [-0.05, 0) is 42.5 Å². The molecule has 8 nitrogen and oxygen atoms in total. The van der Waals surface area contributed by atoms with E-state index in [0.717, 1.165) is 18.6 Å². The van der Waals surface area contributed by atoms with Gasteiger partial charge >= 0.3 is 0 Å². The number of anilines is 1. The first kappa shape index (κ1) is 23.6. The van der Waals surface area contributed by atoms with Crippen LogP contribution in [0.2, 0.25) is 0 Å². The Kier molecular flexibility index (Phi) is 9.00. The lowest BCUT2D eigenvalue weighted by atomic mass is 10.2. The van der Waals surface area contributed by atoms with Gasteiger partial charge in [0.25, 0.3) is 15.9 Å². The van der Waals surface area contributed by atoms with Gasteiger partial charge in [0.05, 0.1) is 23.4 Å². The lowest BCUT2D eigenvalue weighted by molar-refractivity contribution is -0.119. The molecule has 0 fully saturated rings. The van der Waals surface area contributed by atoms with Crippen LogP contribution in [0.25, 0.3) is 0 Å². The van der Waals surface area contributed by atoms with Gasteiger partial charge in [-0.2, -0.15) is 11.8 Å². The maximum Gasteiger partial charge on any atom is 0.269 e. The summed E-state index contributed by atoms with van der Waals surface area (Å²) in [6.07, 6.45) is 2.07. The third kappa shape index (κ3) is 6.96. The van der Waals surface area contributed by atoms with Crippen molar-refractivity contribution in [3.8, 4) is 5.75 Å². The van der Waals surface area contributed by atoms with E-state index in [-0.39, 0.29) is 27.8 Å². The predicted molar refractivity (Wildman–Crippen MR) is 118 cm³/mol. The van der Waals surface area contributed by atoms with E-state index in [1.54, 1.807) is 24.3 Å². The number of sulfonamides is 1. The maximum atomic E-state index is 12.7. The highest BCUT2D eigenvalue weighted by molar-refractivity contribution is 7.99. The van der Waals surface area contributed by atoms with Crippen molar-refractivity contribution < 1.29 is 22.7 Å². The molecule has 0 saturated heterocycles. The number of carbonyl (C=O) groups excluding carboxylic acids is 2. The number of para-hydroxylation sites is 2. The zero-order valence-corrected chi connectivity index (χ0v) is 18.4. The first-order chi connectivity index (χ1) is 14.4. The van der Waals surface area contributed by atoms with E-state index >= 15 is 0 Å². The van der Waals surface area contributed by atoms with Crippen LogP contribution in [-0.4, -0.2) is 38.8 Å². The Hall–Kier alpha value is -2.72. The van der Waals surface area contributed by atoms with Gasteiger partial charge in [-0.25, -0.2) is 8.42 Å². The third-order valence-electron chi connectivity index (χ3n) is 3.95. The predicted octanol–water partition coefficient (Wildman–Crippen LogP) is 2.79. The van der Waals surface area contributed by atoms with Crippen molar-refractivity contribution in [2.75, 3.05) is 23.3 Å². The first-order valence-corrected chi connectivity index (χ1v) is 11.9. The van der Waals surface area contributed by atoms with Gasteiger partial charge in [0.2, 0.25) is 5.91 Å². The summed E-state index contributed by atoms with van der Waals surface area (Å²) in [5, 5.41) is 0. The molecule has 2 aromatic carbocycles. The number of methoxy groups -OCH3 is 1. The summed E-state index contributed by atoms with van der Waals surface area (Å²) in [5.74, 6) is 0.533. The average Bonchev–Trinajstić information content (AvgIpc) is 2.75. The largest absolute Gasteiger partial charge is 0.495 e. The van der Waals surface area contributed by atoms with Gasteiger partial charge in [0.1, 0.15) is 5.75 Å². The van der Waals surface area contributed by atoms with Crippen molar-refractivity contribution in [3.05, 3.63) is 54.1 Å². The zero-order valence-electron chi connectivity index (χ0n) is 16.8. The highest BCUT2D eigenvalue weighted by Crippen LogP contribution is 2.26. The molecule has 0 aliphatic carbocycles. The van der Waals surface area contributed by atoms with Crippen molar-refractivity contribution in [3.63, 3.8) is 0 Å². The Morgan fingerprint density at radius 2 is 1.83 bits per heavy atom. The quantitative estimate of drug-likeness (QED) is 0.378. The van der Waals surface area contributed by atoms with Crippen molar-refractivity contribution >= 4 is 39.3 Å². The molecule has 0 bridgehead atoms. The highest BCUT2D eigenvalue weighted by Gasteiger charge is 2.18. The van der Waals surface area contributed by atoms with Crippen molar-refractivity contribution in [1.29, 1.82) is 0 Å². The number of hydrogen-bond acceptors (Lipinski definition) is 6. The fraction of sp³-hybridized carbons (Fsp3) is 0.300. The van der Waals surface area contributed by atoms with Crippen LogP contribution in [0.15, 0.2) is 53.4 Å². The monoisotopic (exact) mass is 451 g/mol. The van der Waals surface area contributed by atoms with Gasteiger partial charge in [-0.1, -0.05) is 31.5 Å². The number of nitrogens with one attached hydrogen (secondary N) is 3. The minimum atomic E-state index is -3.95. The molecule has 2 aromatic rings. The summed E-state index contributed by atoms with van der Waals surface area (Å²) in [6, 6.07) is 12.1. The number of hydrogen-bond donors (Lipinski definition) is 3. The average molecular weight is 452 g/mol. The molecule has 0 spiro atoms. The molecule has 30 heavy (non-hydrogen) atoms. The molecule has 3 N–H and O–H groups in total. The number of thioether (sulfide) groups is 1.